The number of aliphatic hydroxyl groups is 2. The molecule has 1 heterocycles. The Bertz CT molecular complexity index is 820. The van der Waals surface area contributed by atoms with Crippen LogP contribution in [0.2, 0.25) is 0 Å². The van der Waals surface area contributed by atoms with Gasteiger partial charge in [-0.3, -0.25) is 9.59 Å². The third kappa shape index (κ3) is 2.31. The van der Waals surface area contributed by atoms with Crippen molar-refractivity contribution in [3.8, 4) is 0 Å². The molecule has 0 radical (unpaired) electrons. The monoisotopic (exact) mass is 372 g/mol. The SMILES string of the molecule is C.C[N+]1(CC2CC2)CC[C@]23CC(=O)CC[C@@]2(O)[C@H]1C=C1C=CC(=O)C(O)=C13. The van der Waals surface area contributed by atoms with Crippen LogP contribution in [-0.2, 0) is 9.59 Å². The Hall–Kier alpha value is -1.72. The number of allylic oxidation sites excluding steroid dienone is 3. The van der Waals surface area contributed by atoms with E-state index in [2.05, 4.69) is 13.1 Å². The minimum atomic E-state index is -1.08. The number of ketones is 2. The number of carbonyl (C=O) groups is 2. The number of hydrogen-bond donors (Lipinski definition) is 2. The molecule has 0 aromatic rings. The summed E-state index contributed by atoms with van der Waals surface area (Å²) in [7, 11) is 2.23. The molecule has 2 saturated carbocycles. The van der Waals surface area contributed by atoms with Gasteiger partial charge >= 0.3 is 0 Å². The van der Waals surface area contributed by atoms with E-state index in [1.54, 1.807) is 6.08 Å². The Morgan fingerprint density at radius 2 is 1.96 bits per heavy atom. The minimum absolute atomic E-state index is 0. The highest BCUT2D eigenvalue weighted by Crippen LogP contribution is 2.63. The van der Waals surface area contributed by atoms with Crippen LogP contribution in [0, 0.1) is 11.3 Å². The lowest BCUT2D eigenvalue weighted by molar-refractivity contribution is -0.944. The largest absolute Gasteiger partial charge is 0.504 e. The zero-order valence-electron chi connectivity index (χ0n) is 15.2. The van der Waals surface area contributed by atoms with Gasteiger partial charge in [0.25, 0.3) is 0 Å². The number of fused-ring (bicyclic) bond motifs is 1. The first-order valence-electron chi connectivity index (χ1n) is 9.76. The van der Waals surface area contributed by atoms with E-state index >= 15 is 0 Å². The minimum Gasteiger partial charge on any atom is -0.504 e. The van der Waals surface area contributed by atoms with E-state index in [1.165, 1.54) is 18.9 Å². The number of aliphatic hydroxyl groups excluding tert-OH is 1. The molecular weight excluding hydrogens is 342 g/mol. The van der Waals surface area contributed by atoms with Crippen LogP contribution >= 0.6 is 0 Å². The van der Waals surface area contributed by atoms with Gasteiger partial charge in [0.15, 0.2) is 5.76 Å². The summed E-state index contributed by atoms with van der Waals surface area (Å²) in [6.45, 7) is 1.91. The van der Waals surface area contributed by atoms with Crippen LogP contribution in [0.4, 0.5) is 0 Å². The van der Waals surface area contributed by atoms with Crippen LogP contribution in [0.1, 0.15) is 46.0 Å². The Labute approximate surface area is 160 Å². The van der Waals surface area contributed by atoms with E-state index in [-0.39, 0.29) is 31.4 Å². The molecule has 4 aliphatic carbocycles. The third-order valence-electron chi connectivity index (χ3n) is 7.68. The molecule has 5 aliphatic rings. The number of nitrogens with zero attached hydrogens (tertiary/aromatic N) is 1. The van der Waals surface area contributed by atoms with Crippen molar-refractivity contribution in [3.05, 3.63) is 35.1 Å². The maximum Gasteiger partial charge on any atom is 0.220 e. The van der Waals surface area contributed by atoms with Gasteiger partial charge in [-0.1, -0.05) is 13.5 Å². The van der Waals surface area contributed by atoms with Gasteiger partial charge in [-0.15, -0.1) is 0 Å². The first-order valence-corrected chi connectivity index (χ1v) is 9.76. The van der Waals surface area contributed by atoms with Crippen LogP contribution in [0.15, 0.2) is 35.1 Å². The summed E-state index contributed by atoms with van der Waals surface area (Å²) in [5, 5.41) is 22.6. The Kier molecular flexibility index (Phi) is 3.90. The lowest BCUT2D eigenvalue weighted by atomic mass is 9.48. The third-order valence-corrected chi connectivity index (χ3v) is 7.68. The summed E-state index contributed by atoms with van der Waals surface area (Å²) in [5.74, 6) is 0.151. The fourth-order valence-corrected chi connectivity index (χ4v) is 6.23. The topological polar surface area (TPSA) is 74.6 Å². The van der Waals surface area contributed by atoms with Gasteiger partial charge in [-0.2, -0.15) is 0 Å². The summed E-state index contributed by atoms with van der Waals surface area (Å²) < 4.78 is 0.788. The number of likely N-dealkylation sites (N-methyl/N-ethyl adjacent to an activating group) is 1. The maximum absolute atomic E-state index is 12.4. The molecular formula is C22H30NO4+. The van der Waals surface area contributed by atoms with Crippen LogP contribution in [-0.4, -0.2) is 58.0 Å². The van der Waals surface area contributed by atoms with Crippen LogP contribution in [0.3, 0.4) is 0 Å². The molecule has 5 rings (SSSR count). The van der Waals surface area contributed by atoms with E-state index in [1.807, 2.05) is 0 Å². The standard InChI is InChI=1S/C21H25NO4.CH4/c1-22(12-13-2-3-13)9-8-20-11-15(23)6-7-21(20,26)17(22)10-14-4-5-16(24)19(25)18(14)20;/h4-5,10,13,17,26H,2-3,6-9,11-12H2,1H3;1H4/p+1/t17-,20-,21-,22?;/m1./s1. The van der Waals surface area contributed by atoms with Crippen LogP contribution in [0.25, 0.3) is 0 Å². The summed E-state index contributed by atoms with van der Waals surface area (Å²) in [5.41, 5.74) is -0.565. The number of carbonyl (C=O) groups excluding carboxylic acids is 2. The summed E-state index contributed by atoms with van der Waals surface area (Å²) in [6, 6.07) is -0.102. The molecule has 146 valence electrons. The van der Waals surface area contributed by atoms with Crippen molar-refractivity contribution in [1.29, 1.82) is 0 Å². The molecule has 4 atom stereocenters. The molecule has 1 saturated heterocycles. The molecule has 5 nitrogen and oxygen atoms in total. The molecule has 0 amide bonds. The molecule has 1 aliphatic heterocycles. The van der Waals surface area contributed by atoms with Crippen molar-refractivity contribution < 1.29 is 24.3 Å². The summed E-state index contributed by atoms with van der Waals surface area (Å²) >= 11 is 0. The zero-order valence-corrected chi connectivity index (χ0v) is 15.2. The number of Topliss-reactive ketones (excluding diaryl/α,β-unsaturated/α-hetero) is 1. The van der Waals surface area contributed by atoms with E-state index in [0.717, 1.165) is 29.1 Å². The van der Waals surface area contributed by atoms with Crippen molar-refractivity contribution in [2.45, 2.75) is 57.6 Å². The van der Waals surface area contributed by atoms with Gasteiger partial charge in [-0.25, -0.2) is 0 Å². The number of hydrogen-bond acceptors (Lipinski definition) is 4. The molecule has 0 aromatic heterocycles. The van der Waals surface area contributed by atoms with E-state index in [4.69, 9.17) is 0 Å². The number of piperidine rings is 1. The Balaban J connectivity index is 0.00000180. The maximum atomic E-state index is 12.4. The van der Waals surface area contributed by atoms with Gasteiger partial charge < -0.3 is 14.7 Å². The van der Waals surface area contributed by atoms with Crippen LogP contribution < -0.4 is 0 Å². The molecule has 5 heteroatoms. The average molecular weight is 372 g/mol. The summed E-state index contributed by atoms with van der Waals surface area (Å²) in [4.78, 5) is 24.6. The lowest BCUT2D eigenvalue weighted by Crippen LogP contribution is -2.76. The first kappa shape index (κ1) is 18.6. The molecule has 0 aromatic carbocycles. The van der Waals surface area contributed by atoms with Crippen molar-refractivity contribution in [1.82, 2.24) is 0 Å². The van der Waals surface area contributed by atoms with Gasteiger partial charge in [0.05, 0.1) is 20.1 Å². The van der Waals surface area contributed by atoms with Gasteiger partial charge in [0, 0.05) is 36.2 Å². The highest BCUT2D eigenvalue weighted by molar-refractivity contribution is 6.06. The van der Waals surface area contributed by atoms with Crippen molar-refractivity contribution in [2.24, 2.45) is 11.3 Å². The van der Waals surface area contributed by atoms with Crippen molar-refractivity contribution in [3.63, 3.8) is 0 Å². The highest BCUT2D eigenvalue weighted by Gasteiger charge is 2.70. The predicted octanol–water partition coefficient (Wildman–Crippen LogP) is 2.61. The fourth-order valence-electron chi connectivity index (χ4n) is 6.23. The number of likely N-dealkylation sites (tertiary alicyclic amines) is 1. The highest BCUT2D eigenvalue weighted by atomic mass is 16.3. The van der Waals surface area contributed by atoms with Crippen LogP contribution in [0.5, 0.6) is 0 Å². The average Bonchev–Trinajstić information content (AvgIpc) is 3.39. The second-order valence-electron chi connectivity index (χ2n) is 9.29. The van der Waals surface area contributed by atoms with Gasteiger partial charge in [0.1, 0.15) is 17.4 Å². The molecule has 2 N–H and O–H groups in total. The quantitative estimate of drug-likeness (QED) is 0.731. The second-order valence-corrected chi connectivity index (χ2v) is 9.29. The zero-order chi connectivity index (χ0) is 18.3. The normalized spacial score (nSPS) is 42.9. The molecule has 27 heavy (non-hydrogen) atoms. The smallest absolute Gasteiger partial charge is 0.220 e. The van der Waals surface area contributed by atoms with E-state index < -0.39 is 16.8 Å². The van der Waals surface area contributed by atoms with Crippen molar-refractivity contribution in [2.75, 3.05) is 20.1 Å². The molecule has 2 bridgehead atoms. The number of rotatable bonds is 2. The first-order chi connectivity index (χ1) is 12.3. The van der Waals surface area contributed by atoms with Crippen molar-refractivity contribution >= 4 is 11.6 Å². The lowest BCUT2D eigenvalue weighted by Gasteiger charge is -2.64. The summed E-state index contributed by atoms with van der Waals surface area (Å²) in [6.07, 6.45) is 9.40. The molecule has 0 spiro atoms. The molecule has 1 unspecified atom stereocenters. The fraction of sp³-hybridized carbons (Fsp3) is 0.636. The van der Waals surface area contributed by atoms with E-state index in [0.29, 0.717) is 24.8 Å². The Morgan fingerprint density at radius 1 is 1.22 bits per heavy atom. The van der Waals surface area contributed by atoms with E-state index in [9.17, 15) is 19.8 Å². The molecule has 3 fully saturated rings. The number of quaternary nitrogens is 1. The van der Waals surface area contributed by atoms with Gasteiger partial charge in [0.2, 0.25) is 5.78 Å². The Morgan fingerprint density at radius 3 is 2.67 bits per heavy atom. The second kappa shape index (κ2) is 5.65. The predicted molar refractivity (Wildman–Crippen MR) is 102 cm³/mol. The van der Waals surface area contributed by atoms with Gasteiger partial charge in [-0.05, 0) is 37.0 Å².